The van der Waals surface area contributed by atoms with Crippen LogP contribution in [0.25, 0.3) is 0 Å². The van der Waals surface area contributed by atoms with E-state index < -0.39 is 39.3 Å². The highest BCUT2D eigenvalue weighted by atomic mass is 31.1. The first-order valence-corrected chi connectivity index (χ1v) is 15.2. The van der Waals surface area contributed by atoms with Crippen LogP contribution in [0.5, 0.6) is 0 Å². The Bertz CT molecular complexity index is 1420. The fourth-order valence-corrected chi connectivity index (χ4v) is 9.99. The van der Waals surface area contributed by atoms with Crippen molar-refractivity contribution in [3.05, 3.63) is 144 Å². The highest BCUT2D eigenvalue weighted by molar-refractivity contribution is 7.76. The Kier molecular flexibility index (Phi) is 8.43. The van der Waals surface area contributed by atoms with Crippen molar-refractivity contribution in [2.45, 2.75) is 13.0 Å². The van der Waals surface area contributed by atoms with Crippen molar-refractivity contribution in [1.29, 1.82) is 0 Å². The summed E-state index contributed by atoms with van der Waals surface area (Å²) >= 11 is 0. The third-order valence-corrected chi connectivity index (χ3v) is 12.1. The predicted octanol–water partition coefficient (Wildman–Crippen LogP) is 7.11. The third kappa shape index (κ3) is 5.77. The van der Waals surface area contributed by atoms with Crippen molar-refractivity contribution < 1.29 is 17.6 Å². The second kappa shape index (κ2) is 12.0. The molecule has 198 valence electrons. The molecule has 39 heavy (non-hydrogen) atoms. The van der Waals surface area contributed by atoms with Crippen LogP contribution in [-0.4, -0.2) is 17.8 Å². The predicted molar refractivity (Wildman–Crippen MR) is 156 cm³/mol. The summed E-state index contributed by atoms with van der Waals surface area (Å²) in [6, 6.07) is 28.3. The largest absolute Gasteiger partial charge is 0.274 e. The van der Waals surface area contributed by atoms with Crippen LogP contribution in [0, 0.1) is 29.2 Å². The standard InChI is InChI=1S/C32H27F4NP2/c1-22(27-14-9-15-32(27)38(23-10-5-3-6-11-23)24-12-7-4-8-13-24)37(2)39(25-16-18-28(33)30(35)20-25)26-17-19-29(34)31(36)21-26/h3-22,27H,1-2H3/t22-,27?/m1/s1. The van der Waals surface area contributed by atoms with Crippen LogP contribution in [0.1, 0.15) is 6.92 Å². The molecule has 1 aliphatic rings. The molecule has 5 rings (SSSR count). The first kappa shape index (κ1) is 27.5. The Hall–Kier alpha value is -3.10. The molecule has 0 radical (unpaired) electrons. The first-order chi connectivity index (χ1) is 18.8. The van der Waals surface area contributed by atoms with Crippen molar-refractivity contribution >= 4 is 37.2 Å². The summed E-state index contributed by atoms with van der Waals surface area (Å²) in [4.78, 5) is 0. The quantitative estimate of drug-likeness (QED) is 0.163. The molecule has 4 aromatic carbocycles. The molecule has 0 N–H and O–H groups in total. The van der Waals surface area contributed by atoms with E-state index in [9.17, 15) is 17.6 Å². The lowest BCUT2D eigenvalue weighted by atomic mass is 10.0. The van der Waals surface area contributed by atoms with Gasteiger partial charge < -0.3 is 0 Å². The van der Waals surface area contributed by atoms with E-state index in [1.54, 1.807) is 0 Å². The smallest absolute Gasteiger partial charge is 0.159 e. The summed E-state index contributed by atoms with van der Waals surface area (Å²) in [5.74, 6) is -3.82. The number of allylic oxidation sites excluding steroid dienone is 2. The summed E-state index contributed by atoms with van der Waals surface area (Å²) in [7, 11) is -0.428. The van der Waals surface area contributed by atoms with Gasteiger partial charge in [-0.05, 0) is 84.8 Å². The van der Waals surface area contributed by atoms with Crippen LogP contribution < -0.4 is 21.2 Å². The summed E-state index contributed by atoms with van der Waals surface area (Å²) in [6.45, 7) is 2.09. The van der Waals surface area contributed by atoms with Crippen LogP contribution in [0.2, 0.25) is 0 Å². The van der Waals surface area contributed by atoms with E-state index in [4.69, 9.17) is 0 Å². The number of benzene rings is 4. The van der Waals surface area contributed by atoms with Gasteiger partial charge in [0.1, 0.15) is 0 Å². The van der Waals surface area contributed by atoms with Crippen molar-refractivity contribution in [1.82, 2.24) is 4.67 Å². The first-order valence-electron chi connectivity index (χ1n) is 12.6. The number of rotatable bonds is 8. The fourth-order valence-electron chi connectivity index (χ4n) is 4.88. The summed E-state index contributed by atoms with van der Waals surface area (Å²) in [5.41, 5.74) is 0. The Morgan fingerprint density at radius 1 is 0.641 bits per heavy atom. The van der Waals surface area contributed by atoms with Gasteiger partial charge in [-0.25, -0.2) is 17.6 Å². The lowest BCUT2D eigenvalue weighted by Gasteiger charge is -2.38. The average Bonchev–Trinajstić information content (AvgIpc) is 3.43. The van der Waals surface area contributed by atoms with Gasteiger partial charge in [-0.3, -0.25) is 4.67 Å². The van der Waals surface area contributed by atoms with Crippen molar-refractivity contribution in [2.75, 3.05) is 7.05 Å². The highest BCUT2D eigenvalue weighted by Gasteiger charge is 2.34. The molecule has 0 saturated heterocycles. The topological polar surface area (TPSA) is 3.24 Å². The van der Waals surface area contributed by atoms with E-state index in [1.165, 1.54) is 28.1 Å². The molecule has 0 fully saturated rings. The summed E-state index contributed by atoms with van der Waals surface area (Å²) in [6.07, 6.45) is 6.42. The summed E-state index contributed by atoms with van der Waals surface area (Å²) in [5, 5.41) is 4.77. The number of halogens is 4. The van der Waals surface area contributed by atoms with Gasteiger partial charge in [0, 0.05) is 20.0 Å². The molecule has 0 heterocycles. The molecule has 0 aliphatic heterocycles. The molecule has 0 amide bonds. The minimum Gasteiger partial charge on any atom is -0.274 e. The molecule has 1 unspecified atom stereocenters. The Balaban J connectivity index is 1.54. The van der Waals surface area contributed by atoms with E-state index in [-0.39, 0.29) is 12.0 Å². The van der Waals surface area contributed by atoms with Crippen molar-refractivity contribution in [3.63, 3.8) is 0 Å². The van der Waals surface area contributed by atoms with E-state index in [0.29, 0.717) is 10.6 Å². The lowest BCUT2D eigenvalue weighted by Crippen LogP contribution is -2.37. The molecule has 1 nitrogen and oxygen atoms in total. The maximum absolute atomic E-state index is 14.4. The van der Waals surface area contributed by atoms with Crippen molar-refractivity contribution in [3.8, 4) is 0 Å². The van der Waals surface area contributed by atoms with Gasteiger partial charge in [0.2, 0.25) is 0 Å². The molecule has 1 aliphatic carbocycles. The van der Waals surface area contributed by atoms with Gasteiger partial charge in [0.15, 0.2) is 23.3 Å². The van der Waals surface area contributed by atoms with Gasteiger partial charge in [-0.1, -0.05) is 78.9 Å². The third-order valence-electron chi connectivity index (χ3n) is 6.93. The van der Waals surface area contributed by atoms with Crippen LogP contribution in [0.3, 0.4) is 0 Å². The SMILES string of the molecule is C[C@H](C1C=CC=C1P(c1ccccc1)c1ccccc1)N(C)P(c1ccc(F)c(F)c1)c1ccc(F)c(F)c1. The molecule has 0 spiro atoms. The zero-order valence-electron chi connectivity index (χ0n) is 21.5. The molecule has 4 aromatic rings. The second-order valence-electron chi connectivity index (χ2n) is 9.33. The Morgan fingerprint density at radius 2 is 1.13 bits per heavy atom. The average molecular weight is 564 g/mol. The highest BCUT2D eigenvalue weighted by Crippen LogP contribution is 2.52. The van der Waals surface area contributed by atoms with E-state index >= 15 is 0 Å². The van der Waals surface area contributed by atoms with E-state index in [2.05, 4.69) is 54.1 Å². The van der Waals surface area contributed by atoms with Crippen LogP contribution in [0.15, 0.2) is 121 Å². The van der Waals surface area contributed by atoms with Crippen molar-refractivity contribution in [2.24, 2.45) is 5.92 Å². The number of hydrogen-bond acceptors (Lipinski definition) is 1. The minimum atomic E-state index is -1.51. The second-order valence-corrected chi connectivity index (χ2v) is 13.8. The molecular weight excluding hydrogens is 536 g/mol. The Labute approximate surface area is 229 Å². The molecule has 0 saturated carbocycles. The zero-order chi connectivity index (χ0) is 27.5. The normalized spacial score (nSPS) is 15.8. The molecule has 0 aromatic heterocycles. The maximum Gasteiger partial charge on any atom is 0.159 e. The van der Waals surface area contributed by atoms with Crippen LogP contribution in [-0.2, 0) is 0 Å². The Morgan fingerprint density at radius 3 is 1.59 bits per heavy atom. The fraction of sp³-hybridized carbons (Fsp3) is 0.125. The van der Waals surface area contributed by atoms with Gasteiger partial charge in [-0.2, -0.15) is 0 Å². The zero-order valence-corrected chi connectivity index (χ0v) is 23.3. The maximum atomic E-state index is 14.4. The van der Waals surface area contributed by atoms with Gasteiger partial charge >= 0.3 is 0 Å². The van der Waals surface area contributed by atoms with E-state index in [1.807, 2.05) is 43.4 Å². The molecule has 0 bridgehead atoms. The minimum absolute atomic E-state index is 0.0158. The van der Waals surface area contributed by atoms with Crippen LogP contribution >= 0.6 is 16.0 Å². The molecule has 2 atom stereocenters. The van der Waals surface area contributed by atoms with E-state index in [0.717, 1.165) is 24.3 Å². The molecule has 7 heteroatoms. The van der Waals surface area contributed by atoms with Gasteiger partial charge in [0.25, 0.3) is 0 Å². The number of hydrogen-bond donors (Lipinski definition) is 0. The van der Waals surface area contributed by atoms with Gasteiger partial charge in [0.05, 0.1) is 0 Å². The van der Waals surface area contributed by atoms with Gasteiger partial charge in [-0.15, -0.1) is 0 Å². The van der Waals surface area contributed by atoms with Crippen LogP contribution in [0.4, 0.5) is 17.6 Å². The number of nitrogens with zero attached hydrogens (tertiary/aromatic N) is 1. The lowest BCUT2D eigenvalue weighted by molar-refractivity contribution is 0.380. The molecular formula is C32H27F4NP2. The monoisotopic (exact) mass is 563 g/mol. The summed E-state index contributed by atoms with van der Waals surface area (Å²) < 4.78 is 58.5.